The second kappa shape index (κ2) is 13.4. The Balaban J connectivity index is 0.000000409. The van der Waals surface area contributed by atoms with Crippen LogP contribution in [0.25, 0.3) is 0 Å². The fourth-order valence-electron chi connectivity index (χ4n) is 4.30. The van der Waals surface area contributed by atoms with E-state index < -0.39 is 16.9 Å². The number of methoxy groups -OCH3 is 1. The van der Waals surface area contributed by atoms with Crippen molar-refractivity contribution in [1.29, 1.82) is 0 Å². The summed E-state index contributed by atoms with van der Waals surface area (Å²) in [6.07, 6.45) is 6.84. The zero-order valence-electron chi connectivity index (χ0n) is 27.0. The summed E-state index contributed by atoms with van der Waals surface area (Å²) in [6.45, 7) is 24.7. The first-order valence-electron chi connectivity index (χ1n) is 13.7. The first kappa shape index (κ1) is 36.1. The number of rotatable bonds is 3. The predicted molar refractivity (Wildman–Crippen MR) is 162 cm³/mol. The van der Waals surface area contributed by atoms with E-state index in [1.807, 2.05) is 41.5 Å². The van der Waals surface area contributed by atoms with Crippen LogP contribution in [0, 0.1) is 0 Å². The van der Waals surface area contributed by atoms with Crippen molar-refractivity contribution in [2.24, 2.45) is 4.99 Å². The molecule has 0 aliphatic rings. The normalized spacial score (nSPS) is 12.4. The fourth-order valence-corrected chi connectivity index (χ4v) is 4.30. The standard InChI is InChI=1S/C19H25N3.C15H24O3.Ni/c1-18(2,3)14-7-8-16(19(4,5)6)17(11-14)22-13-15-12-20-9-10-21-15;1-14(2,3)9-8-10(18-7)11(15(4,5)6)13(17)12(9)16;/h7-13H,1-6H3;8,16-17H,1-7H3;/q;;+2/p-2. The van der Waals surface area contributed by atoms with Gasteiger partial charge < -0.3 is 14.9 Å². The maximum Gasteiger partial charge on any atom is 2.00 e. The van der Waals surface area contributed by atoms with Crippen molar-refractivity contribution >= 4 is 11.9 Å². The summed E-state index contributed by atoms with van der Waals surface area (Å²) in [5, 5.41) is 24.5. The topological polar surface area (TPSA) is 93.5 Å². The van der Waals surface area contributed by atoms with Crippen LogP contribution >= 0.6 is 0 Å². The molecular formula is C34H47N3NiO3. The molecule has 0 saturated carbocycles. The summed E-state index contributed by atoms with van der Waals surface area (Å²) < 4.78 is 5.30. The molecule has 0 unspecified atom stereocenters. The van der Waals surface area contributed by atoms with Crippen molar-refractivity contribution in [3.8, 4) is 17.2 Å². The van der Waals surface area contributed by atoms with Gasteiger partial charge in [-0.25, -0.2) is 0 Å². The van der Waals surface area contributed by atoms with Crippen molar-refractivity contribution < 1.29 is 31.4 Å². The summed E-state index contributed by atoms with van der Waals surface area (Å²) in [4.78, 5) is 13.0. The SMILES string of the molecule is CC(C)(C)c1ccc(C(C)(C)C)c(N=Cc2cnccn2)c1.COc1cc(C(C)(C)C)c([O-])c([O-])c1C(C)(C)C.[Ni+2]. The predicted octanol–water partition coefficient (Wildman–Crippen LogP) is 7.26. The number of ether oxygens (including phenoxy) is 1. The average molecular weight is 604 g/mol. The average Bonchev–Trinajstić information content (AvgIpc) is 2.82. The fraction of sp³-hybridized carbons (Fsp3) is 0.500. The first-order chi connectivity index (χ1) is 18.2. The largest absolute Gasteiger partial charge is 2.00 e. The minimum Gasteiger partial charge on any atom is -0.873 e. The second-order valence-corrected chi connectivity index (χ2v) is 14.3. The Morgan fingerprint density at radius 2 is 1.32 bits per heavy atom. The van der Waals surface area contributed by atoms with E-state index in [1.165, 1.54) is 18.2 Å². The summed E-state index contributed by atoms with van der Waals surface area (Å²) in [7, 11) is 1.53. The quantitative estimate of drug-likeness (QED) is 0.232. The van der Waals surface area contributed by atoms with Gasteiger partial charge in [-0.3, -0.25) is 15.0 Å². The molecule has 3 aromatic rings. The molecule has 0 amide bonds. The molecule has 1 aromatic heterocycles. The Labute approximate surface area is 257 Å². The number of aromatic nitrogens is 2. The van der Waals surface area contributed by atoms with Gasteiger partial charge in [0.2, 0.25) is 0 Å². The molecule has 6 nitrogen and oxygen atoms in total. The minimum absolute atomic E-state index is 0. The van der Waals surface area contributed by atoms with Crippen LogP contribution in [0.5, 0.6) is 17.2 Å². The van der Waals surface area contributed by atoms with E-state index in [9.17, 15) is 10.2 Å². The molecule has 0 aliphatic carbocycles. The number of hydrogen-bond donors (Lipinski definition) is 0. The number of hydrogen-bond acceptors (Lipinski definition) is 6. The van der Waals surface area contributed by atoms with Crippen LogP contribution in [0.2, 0.25) is 0 Å². The van der Waals surface area contributed by atoms with Crippen LogP contribution in [0.15, 0.2) is 47.8 Å². The van der Waals surface area contributed by atoms with Gasteiger partial charge in [-0.2, -0.15) is 0 Å². The third kappa shape index (κ3) is 9.56. The molecule has 0 radical (unpaired) electrons. The summed E-state index contributed by atoms with van der Waals surface area (Å²) in [6, 6.07) is 8.31. The van der Waals surface area contributed by atoms with Crippen LogP contribution < -0.4 is 14.9 Å². The van der Waals surface area contributed by atoms with Gasteiger partial charge in [0.15, 0.2) is 0 Å². The molecule has 2 aromatic carbocycles. The van der Waals surface area contributed by atoms with Gasteiger partial charge in [-0.05, 0) is 56.0 Å². The van der Waals surface area contributed by atoms with Gasteiger partial charge in [0.25, 0.3) is 0 Å². The second-order valence-electron chi connectivity index (χ2n) is 14.3. The van der Waals surface area contributed by atoms with Crippen LogP contribution in [0.1, 0.15) is 111 Å². The summed E-state index contributed by atoms with van der Waals surface area (Å²) in [5.74, 6) is -0.336. The van der Waals surface area contributed by atoms with Crippen molar-refractivity contribution in [3.63, 3.8) is 0 Å². The molecule has 7 heteroatoms. The van der Waals surface area contributed by atoms with Crippen molar-refractivity contribution in [2.45, 2.75) is 105 Å². The Bertz CT molecular complexity index is 1330. The molecule has 0 atom stereocenters. The zero-order valence-corrected chi connectivity index (χ0v) is 28.0. The number of aliphatic imine (C=N–C) groups is 1. The third-order valence-corrected chi connectivity index (χ3v) is 6.57. The van der Waals surface area contributed by atoms with E-state index in [0.29, 0.717) is 16.9 Å². The monoisotopic (exact) mass is 603 g/mol. The molecular weight excluding hydrogens is 557 g/mol. The third-order valence-electron chi connectivity index (χ3n) is 6.57. The van der Waals surface area contributed by atoms with Gasteiger partial charge in [0.1, 0.15) is 5.75 Å². The maximum absolute atomic E-state index is 12.3. The summed E-state index contributed by atoms with van der Waals surface area (Å²) in [5.41, 5.74) is 4.65. The van der Waals surface area contributed by atoms with Gasteiger partial charge >= 0.3 is 16.5 Å². The van der Waals surface area contributed by atoms with Crippen molar-refractivity contribution in [2.75, 3.05) is 7.11 Å². The van der Waals surface area contributed by atoms with Crippen LogP contribution in [0.4, 0.5) is 5.69 Å². The van der Waals surface area contributed by atoms with Crippen LogP contribution in [-0.2, 0) is 38.2 Å². The molecule has 0 fully saturated rings. The molecule has 0 aliphatic heterocycles. The molecule has 0 bridgehead atoms. The van der Waals surface area contributed by atoms with Gasteiger partial charge in [0.05, 0.1) is 30.9 Å². The van der Waals surface area contributed by atoms with Gasteiger partial charge in [-0.15, -0.1) is 11.5 Å². The van der Waals surface area contributed by atoms with E-state index in [-0.39, 0.29) is 32.7 Å². The van der Waals surface area contributed by atoms with Crippen LogP contribution in [0.3, 0.4) is 0 Å². The molecule has 0 N–H and O–H groups in total. The molecule has 41 heavy (non-hydrogen) atoms. The van der Waals surface area contributed by atoms with E-state index in [2.05, 4.69) is 74.7 Å². The number of nitrogens with zero attached hydrogens (tertiary/aromatic N) is 3. The minimum atomic E-state index is -0.438. The van der Waals surface area contributed by atoms with Crippen molar-refractivity contribution in [1.82, 2.24) is 9.97 Å². The van der Waals surface area contributed by atoms with Crippen LogP contribution in [-0.4, -0.2) is 23.3 Å². The van der Waals surface area contributed by atoms with Gasteiger partial charge in [-0.1, -0.05) is 95.2 Å². The molecule has 0 spiro atoms. The zero-order chi connectivity index (χ0) is 30.7. The maximum atomic E-state index is 12.3. The number of benzene rings is 2. The van der Waals surface area contributed by atoms with E-state index >= 15 is 0 Å². The molecule has 3 rings (SSSR count). The van der Waals surface area contributed by atoms with E-state index in [0.717, 1.165) is 11.4 Å². The summed E-state index contributed by atoms with van der Waals surface area (Å²) >= 11 is 0. The van der Waals surface area contributed by atoms with Gasteiger partial charge in [0, 0.05) is 12.4 Å². The molecule has 0 saturated heterocycles. The molecule has 226 valence electrons. The van der Waals surface area contributed by atoms with E-state index in [4.69, 9.17) is 4.74 Å². The molecule has 1 heterocycles. The Morgan fingerprint density at radius 3 is 1.76 bits per heavy atom. The van der Waals surface area contributed by atoms with Crippen molar-refractivity contribution in [3.05, 3.63) is 70.8 Å². The Kier molecular flexibility index (Phi) is 11.8. The Hall–Kier alpha value is -2.92. The first-order valence-corrected chi connectivity index (χ1v) is 13.7. The Morgan fingerprint density at radius 1 is 0.732 bits per heavy atom. The smallest absolute Gasteiger partial charge is 0.873 e. The van der Waals surface area contributed by atoms with E-state index in [1.54, 1.807) is 30.9 Å².